The summed E-state index contributed by atoms with van der Waals surface area (Å²) in [6.07, 6.45) is 1.37. The Morgan fingerprint density at radius 3 is 1.56 bits per heavy atom. The number of methoxy groups -OCH3 is 1. The van der Waals surface area contributed by atoms with Gasteiger partial charge in [0.25, 0.3) is 0 Å². The number of nitrogens with two attached hydrogens (primary N) is 1. The van der Waals surface area contributed by atoms with Crippen LogP contribution in [-0.2, 0) is 55.8 Å². The quantitative estimate of drug-likeness (QED) is 0.0169. The molecule has 0 radical (unpaired) electrons. The molecule has 12 aromatic rings. The number of benzene rings is 8. The molecule has 4 heterocycles. The number of Topliss-reactive ketones (excluding diaryl/α,β-unsaturated/α-hetero) is 1. The van der Waals surface area contributed by atoms with Crippen LogP contribution >= 0.6 is 23.2 Å². The van der Waals surface area contributed by atoms with Crippen molar-refractivity contribution in [1.29, 1.82) is 0 Å². The molecule has 0 aliphatic rings. The first-order chi connectivity index (χ1) is 54.9. The number of hydrogen-bond donors (Lipinski definition) is 2. The number of ketones is 1. The molecule has 0 fully saturated rings. The number of aryl methyl sites for hydroxylation is 2. The minimum Gasteiger partial charge on any atom is -0.857 e. The van der Waals surface area contributed by atoms with Gasteiger partial charge in [-0.2, -0.15) is 40.0 Å². The summed E-state index contributed by atoms with van der Waals surface area (Å²) in [6.45, 7) is 28.6. The number of carbonyl (C=O) groups is 1. The zero-order valence-corrected chi connectivity index (χ0v) is 90.1. The fraction of sp³-hybridized carbons (Fsp3) is 0.125. The number of sulfonamides is 2. The van der Waals surface area contributed by atoms with E-state index in [2.05, 4.69) is 80.6 Å². The second-order valence-electron chi connectivity index (χ2n) is 25.0. The number of nitrogens with one attached hydrogen (secondary N) is 1. The van der Waals surface area contributed by atoms with Crippen LogP contribution in [0.2, 0.25) is 10.0 Å². The van der Waals surface area contributed by atoms with Crippen LogP contribution in [0.3, 0.4) is 0 Å². The number of fused-ring (bicyclic) bond motifs is 1. The van der Waals surface area contributed by atoms with Crippen LogP contribution in [0.5, 0.6) is 17.5 Å². The Hall–Kier alpha value is -4.78. The smallest absolute Gasteiger partial charge is 0.857 e. The molecule has 12 rings (SSSR count). The van der Waals surface area contributed by atoms with Gasteiger partial charge in [-0.25, -0.2) is 51.6 Å². The molecule has 0 spiro atoms. The summed E-state index contributed by atoms with van der Waals surface area (Å²) in [5, 5.41) is 73.2. The Labute approximate surface area is 916 Å². The summed E-state index contributed by atoms with van der Waals surface area (Å²) < 4.78 is 171. The van der Waals surface area contributed by atoms with Crippen molar-refractivity contribution in [2.24, 2.45) is 51.0 Å². The van der Waals surface area contributed by atoms with E-state index in [1.54, 1.807) is 117 Å². The number of carbonyl (C=O) groups excluding carboxylic acids is 1. The Morgan fingerprint density at radius 1 is 0.597 bits per heavy atom. The van der Waals surface area contributed by atoms with E-state index < -0.39 is 100 Å². The number of hydrogen-bond acceptors (Lipinski definition) is 29. The van der Waals surface area contributed by atoms with Crippen molar-refractivity contribution in [2.45, 2.75) is 65.8 Å². The van der Waals surface area contributed by atoms with E-state index in [0.29, 0.717) is 74.0 Å². The molecule has 0 saturated carbocycles. The van der Waals surface area contributed by atoms with Gasteiger partial charge >= 0.3 is 262 Å². The van der Waals surface area contributed by atoms with Gasteiger partial charge in [-0.3, -0.25) is 14.6 Å². The molecule has 52 heteroatoms. The second kappa shape index (κ2) is 50.0. The maximum atomic E-state index is 14.4. The minimum atomic E-state index is -4.81. The van der Waals surface area contributed by atoms with Gasteiger partial charge in [0.2, 0.25) is 25.8 Å². The Bertz CT molecular complexity index is 6680. The van der Waals surface area contributed by atoms with Gasteiger partial charge in [0.1, 0.15) is 64.5 Å². The molecule has 0 aliphatic heterocycles. The maximum absolute atomic E-state index is 14.4. The van der Waals surface area contributed by atoms with Crippen LogP contribution in [0.4, 0.5) is 61.5 Å². The number of nitrogens with zero attached hydrogens (tertiary/aromatic N) is 18. The Balaban J connectivity index is 0.000000554. The molecule has 8 aromatic carbocycles. The summed E-state index contributed by atoms with van der Waals surface area (Å²) >= 11 is 11.6. The van der Waals surface area contributed by atoms with Gasteiger partial charge in [0.05, 0.1) is 71.4 Å². The minimum absolute atomic E-state index is 0. The summed E-state index contributed by atoms with van der Waals surface area (Å²) in [5.41, 5.74) is 4.34. The molecule has 0 amide bonds. The molecular formula is C72H56Cl2FK2N20Na5O17S5. The van der Waals surface area contributed by atoms with E-state index in [9.17, 15) is 75.1 Å². The van der Waals surface area contributed by atoms with Gasteiger partial charge in [0.15, 0.2) is 12.0 Å². The summed E-state index contributed by atoms with van der Waals surface area (Å²) in [5.74, 6) is -2.56. The summed E-state index contributed by atoms with van der Waals surface area (Å²) in [4.78, 5) is 25.0. The average Bonchev–Trinajstić information content (AvgIpc) is 1.60. The Morgan fingerprint density at radius 2 is 1.10 bits per heavy atom. The maximum Gasteiger partial charge on any atom is 1.00 e. The third kappa shape index (κ3) is 31.2. The zero-order chi connectivity index (χ0) is 85.9. The molecule has 124 heavy (non-hydrogen) atoms. The van der Waals surface area contributed by atoms with E-state index >= 15 is 0 Å². The van der Waals surface area contributed by atoms with E-state index in [1.165, 1.54) is 48.0 Å². The third-order valence-corrected chi connectivity index (χ3v) is 20.5. The topological polar surface area (TPSA) is 537 Å². The van der Waals surface area contributed by atoms with Crippen LogP contribution in [0.15, 0.2) is 248 Å². The van der Waals surface area contributed by atoms with Crippen LogP contribution in [0, 0.1) is 32.8 Å². The van der Waals surface area contributed by atoms with Gasteiger partial charge in [-0.15, -0.1) is 10.2 Å². The van der Waals surface area contributed by atoms with E-state index in [1.807, 2.05) is 20.8 Å². The number of aromatic nitrogens is 7. The standard InChI is InChI=1S/C22H22FN6O5S2.C18H16N6O3S.C16H12Cl2N3O5S.C16H11N5O4S.2K.5Na/c1-22(2,3)20-19(26-25-17-10-9-15(11-16(17)23)36(32,33)34)21-24-18(12-29(21)27-20)13-5-7-14(8-6-13)28-35(4,30)31;1-11-10-15(28(19,26)27)12(2)9-14(11)21-22-16-17(20-3)23-24(18(16)25)13-7-5-4-6-8-13;1-19-16(15(22)9-3-5-10(26-2)6-4-9)21-20-13-7-12(18)14(8-11(13)17)27(23,24)25;1-17-15-14(16(22)21(20-15)12-5-3-2-4-6-12)19-18-11-7-9-13(10-8-11)26(23,24)25;;;;;;;/h5-12,28H,1-4H3,(H,32,33,34);4-10,25H,1-2H3,(H2,19,26,27);1,3-8,16H,2H3,(H,23,24,25);2-10,22H,(H,23,24,25);;;;;;;/q-1;;-1;;7*+1/p-5. The molecule has 0 aliphatic carbocycles. The first-order valence-corrected chi connectivity index (χ1v) is 41.1. The average molecular weight is 1920 g/mol. The predicted molar refractivity (Wildman–Crippen MR) is 417 cm³/mol. The van der Waals surface area contributed by atoms with Crippen molar-refractivity contribution in [3.05, 3.63) is 243 Å². The van der Waals surface area contributed by atoms with Crippen LogP contribution in [0.1, 0.15) is 48.0 Å². The molecule has 4 aromatic heterocycles. The number of para-hydroxylation sites is 2. The molecule has 3 N–H and O–H groups in total. The van der Waals surface area contributed by atoms with Gasteiger partial charge in [-0.1, -0.05) is 112 Å². The van der Waals surface area contributed by atoms with Crippen LogP contribution < -0.4 is 280 Å². The fourth-order valence-corrected chi connectivity index (χ4v) is 13.6. The van der Waals surface area contributed by atoms with E-state index in [4.69, 9.17) is 52.9 Å². The zero-order valence-electron chi connectivity index (χ0n) is 68.2. The number of anilines is 1. The summed E-state index contributed by atoms with van der Waals surface area (Å²) in [7, 11) is -20.0. The largest absolute Gasteiger partial charge is 1.00 e. The van der Waals surface area contributed by atoms with Crippen molar-refractivity contribution in [1.82, 2.24) is 34.2 Å². The van der Waals surface area contributed by atoms with Crippen molar-refractivity contribution in [2.75, 3.05) is 18.1 Å². The van der Waals surface area contributed by atoms with Crippen molar-refractivity contribution in [3.8, 4) is 40.1 Å². The number of imidazole rings is 1. The molecule has 37 nitrogen and oxygen atoms in total. The molecule has 1 unspecified atom stereocenters. The van der Waals surface area contributed by atoms with Gasteiger partial charge < -0.3 is 59.5 Å². The SMILES string of the molecule is CC(C)(C)c1nn2cc(-c3ccc(NS(C)(=O)=O)cc3)[n-]c2c1N=Nc1ccc(S(=O)(=O)[O-])cc1F.[C-]#[N+]c1nn(-c2ccccc2)c([O-])c1N=Nc1cc(C)c(S(N)(=O)=O)cc1C.[C-]#[N+]c1nn(-c2ccccc2)c([O-])c1N=Nc1ccc(S(=O)(=O)[O-])cc1.[CH-]=NC(N=Nc1cc(Cl)c(S(=O)(=O)[O-])cc1Cl)C(=O)c1ccc(OC)cc1.[K+].[K+].[Na+].[Na+].[Na+].[Na+].[Na+]. The number of primary sulfonamides is 1. The molecular weight excluding hydrogens is 1860 g/mol. The molecule has 604 valence electrons. The predicted octanol–water partition coefficient (Wildman–Crippen LogP) is -7.12. The Kier molecular flexibility index (Phi) is 46.5. The number of ether oxygens (including phenoxy) is 1. The van der Waals surface area contributed by atoms with Crippen molar-refractivity contribution in [3.63, 3.8) is 0 Å². The van der Waals surface area contributed by atoms with Gasteiger partial charge in [-0.05, 0) is 179 Å². The molecule has 0 saturated heterocycles. The fourth-order valence-electron chi connectivity index (χ4n) is 9.98. The van der Waals surface area contributed by atoms with Crippen LogP contribution in [-0.4, -0.2) is 117 Å². The first-order valence-electron chi connectivity index (χ1n) is 32.7. The van der Waals surface area contributed by atoms with Crippen molar-refractivity contribution < 1.29 is 330 Å². The van der Waals surface area contributed by atoms with Crippen molar-refractivity contribution >= 4 is 149 Å². The number of halogens is 3. The number of aliphatic imine (C=N–C) groups is 1. The number of rotatable bonds is 21. The second-order valence-corrected chi connectivity index (χ2v) is 33.2. The molecule has 0 bridgehead atoms. The normalized spacial score (nSPS) is 11.6. The molecule has 1 atom stereocenters. The van der Waals surface area contributed by atoms with Crippen LogP contribution in [0.25, 0.3) is 38.0 Å². The van der Waals surface area contributed by atoms with E-state index in [-0.39, 0.29) is 311 Å². The van der Waals surface area contributed by atoms with E-state index in [0.717, 1.165) is 52.0 Å². The monoisotopic (exact) mass is 1910 g/mol. The number of azo groups is 4. The first kappa shape index (κ1) is 115. The van der Waals surface area contributed by atoms with Gasteiger partial charge in [0, 0.05) is 28.4 Å². The summed E-state index contributed by atoms with van der Waals surface area (Å²) in [6, 6.07) is 42.0. The third-order valence-electron chi connectivity index (χ3n) is 15.6.